The van der Waals surface area contributed by atoms with Crippen LogP contribution in [0.2, 0.25) is 0 Å². The van der Waals surface area contributed by atoms with Gasteiger partial charge in [-0.25, -0.2) is 4.98 Å². The van der Waals surface area contributed by atoms with E-state index in [0.29, 0.717) is 18.4 Å². The molecule has 3 rings (SSSR count). The van der Waals surface area contributed by atoms with Gasteiger partial charge < -0.3 is 15.2 Å². The molecule has 1 fully saturated rings. The molecular weight excluding hydrogens is 252 g/mol. The Hall–Kier alpha value is -2.14. The minimum Gasteiger partial charge on any atom is -0.326 e. The maximum atomic E-state index is 12.5. The highest BCUT2D eigenvalue weighted by molar-refractivity contribution is 5.59. The van der Waals surface area contributed by atoms with Gasteiger partial charge in [-0.15, -0.1) is 0 Å². The Bertz CT molecular complexity index is 676. The highest BCUT2D eigenvalue weighted by Crippen LogP contribution is 2.33. The summed E-state index contributed by atoms with van der Waals surface area (Å²) in [5.41, 5.74) is 7.59. The van der Waals surface area contributed by atoms with Crippen LogP contribution in [0.3, 0.4) is 0 Å². The van der Waals surface area contributed by atoms with Crippen LogP contribution in [-0.2, 0) is 6.54 Å². The largest absolute Gasteiger partial charge is 0.326 e. The van der Waals surface area contributed by atoms with Crippen molar-refractivity contribution in [3.8, 4) is 0 Å². The lowest BCUT2D eigenvalue weighted by Gasteiger charge is -2.19. The first-order chi connectivity index (χ1) is 9.70. The van der Waals surface area contributed by atoms with Crippen molar-refractivity contribution in [2.75, 3.05) is 11.9 Å². The van der Waals surface area contributed by atoms with E-state index in [0.717, 1.165) is 24.1 Å². The molecule has 1 aromatic carbocycles. The van der Waals surface area contributed by atoms with Gasteiger partial charge in [-0.1, -0.05) is 12.1 Å². The van der Waals surface area contributed by atoms with Crippen molar-refractivity contribution in [1.29, 1.82) is 0 Å². The second-order valence-corrected chi connectivity index (χ2v) is 5.13. The maximum Gasteiger partial charge on any atom is 0.294 e. The maximum absolute atomic E-state index is 12.5. The standard InChI is InChI=1S/C15H18N4O/c1-18(13-4-2-3-11(9-13)10-16)14-15(20)19(8-7-17-14)12-5-6-12/h2-4,7-9,12H,5-6,10,16H2,1H3. The zero-order valence-electron chi connectivity index (χ0n) is 11.5. The Balaban J connectivity index is 1.99. The lowest BCUT2D eigenvalue weighted by molar-refractivity contribution is 0.697. The van der Waals surface area contributed by atoms with E-state index in [2.05, 4.69) is 4.98 Å². The van der Waals surface area contributed by atoms with E-state index in [-0.39, 0.29) is 5.56 Å². The zero-order chi connectivity index (χ0) is 14.1. The molecular formula is C15H18N4O. The van der Waals surface area contributed by atoms with Crippen molar-refractivity contribution in [3.05, 3.63) is 52.6 Å². The van der Waals surface area contributed by atoms with E-state index in [1.807, 2.05) is 36.2 Å². The minimum absolute atomic E-state index is 0.0318. The molecule has 104 valence electrons. The molecule has 0 unspecified atom stereocenters. The topological polar surface area (TPSA) is 64.2 Å². The van der Waals surface area contributed by atoms with Gasteiger partial charge in [0.1, 0.15) is 0 Å². The first-order valence-electron chi connectivity index (χ1n) is 6.80. The van der Waals surface area contributed by atoms with E-state index >= 15 is 0 Å². The van der Waals surface area contributed by atoms with Crippen molar-refractivity contribution in [2.24, 2.45) is 5.73 Å². The van der Waals surface area contributed by atoms with Crippen LogP contribution in [0.4, 0.5) is 11.5 Å². The predicted molar refractivity (Wildman–Crippen MR) is 79.2 cm³/mol. The second-order valence-electron chi connectivity index (χ2n) is 5.13. The van der Waals surface area contributed by atoms with Gasteiger partial charge in [0.25, 0.3) is 5.56 Å². The van der Waals surface area contributed by atoms with Gasteiger partial charge in [0.2, 0.25) is 0 Å². The number of anilines is 2. The molecule has 0 amide bonds. The Kier molecular flexibility index (Phi) is 3.28. The monoisotopic (exact) mass is 270 g/mol. The van der Waals surface area contributed by atoms with Crippen LogP contribution in [0.25, 0.3) is 0 Å². The van der Waals surface area contributed by atoms with E-state index in [9.17, 15) is 4.79 Å². The molecule has 5 nitrogen and oxygen atoms in total. The van der Waals surface area contributed by atoms with Gasteiger partial charge in [0.15, 0.2) is 5.82 Å². The number of hydrogen-bond acceptors (Lipinski definition) is 4. The zero-order valence-corrected chi connectivity index (χ0v) is 11.5. The van der Waals surface area contributed by atoms with Crippen LogP contribution >= 0.6 is 0 Å². The summed E-state index contributed by atoms with van der Waals surface area (Å²) in [6, 6.07) is 8.20. The molecule has 0 bridgehead atoms. The molecule has 0 saturated heterocycles. The van der Waals surface area contributed by atoms with Gasteiger partial charge in [-0.3, -0.25) is 4.79 Å². The fourth-order valence-corrected chi connectivity index (χ4v) is 2.30. The molecule has 0 atom stereocenters. The molecule has 1 aliphatic carbocycles. The molecule has 0 aliphatic heterocycles. The Morgan fingerprint density at radius 1 is 1.45 bits per heavy atom. The van der Waals surface area contributed by atoms with Crippen molar-refractivity contribution in [1.82, 2.24) is 9.55 Å². The smallest absolute Gasteiger partial charge is 0.294 e. The number of nitrogens with zero attached hydrogens (tertiary/aromatic N) is 3. The van der Waals surface area contributed by atoms with Crippen LogP contribution in [-0.4, -0.2) is 16.6 Å². The predicted octanol–water partition coefficient (Wildman–Crippen LogP) is 1.80. The van der Waals surface area contributed by atoms with Crippen LogP contribution < -0.4 is 16.2 Å². The highest BCUT2D eigenvalue weighted by Gasteiger charge is 2.26. The fourth-order valence-electron chi connectivity index (χ4n) is 2.30. The lowest BCUT2D eigenvalue weighted by atomic mass is 10.2. The third-order valence-corrected chi connectivity index (χ3v) is 3.64. The summed E-state index contributed by atoms with van der Waals surface area (Å²) in [5, 5.41) is 0. The van der Waals surface area contributed by atoms with Crippen molar-refractivity contribution < 1.29 is 0 Å². The third kappa shape index (κ3) is 2.32. The molecule has 20 heavy (non-hydrogen) atoms. The normalized spacial score (nSPS) is 14.3. The third-order valence-electron chi connectivity index (χ3n) is 3.64. The molecule has 0 radical (unpaired) electrons. The summed E-state index contributed by atoms with van der Waals surface area (Å²) in [4.78, 5) is 18.5. The summed E-state index contributed by atoms with van der Waals surface area (Å²) < 4.78 is 1.78. The van der Waals surface area contributed by atoms with E-state index in [1.54, 1.807) is 17.0 Å². The van der Waals surface area contributed by atoms with Crippen molar-refractivity contribution >= 4 is 11.5 Å². The molecule has 5 heteroatoms. The van der Waals surface area contributed by atoms with E-state index in [1.165, 1.54) is 0 Å². The number of nitrogens with two attached hydrogens (primary N) is 1. The highest BCUT2D eigenvalue weighted by atomic mass is 16.1. The van der Waals surface area contributed by atoms with Crippen molar-refractivity contribution in [2.45, 2.75) is 25.4 Å². The Morgan fingerprint density at radius 2 is 2.25 bits per heavy atom. The van der Waals surface area contributed by atoms with Crippen LogP contribution in [0.5, 0.6) is 0 Å². The summed E-state index contributed by atoms with van der Waals surface area (Å²) in [5.74, 6) is 0.452. The number of benzene rings is 1. The summed E-state index contributed by atoms with van der Waals surface area (Å²) >= 11 is 0. The molecule has 2 N–H and O–H groups in total. The molecule has 1 aromatic heterocycles. The Labute approximate surface area is 117 Å². The average Bonchev–Trinajstić information content (AvgIpc) is 3.31. The van der Waals surface area contributed by atoms with Crippen molar-refractivity contribution in [3.63, 3.8) is 0 Å². The van der Waals surface area contributed by atoms with Crippen LogP contribution in [0, 0.1) is 0 Å². The van der Waals surface area contributed by atoms with Gasteiger partial charge in [0.05, 0.1) is 0 Å². The Morgan fingerprint density at radius 3 is 2.95 bits per heavy atom. The fraction of sp³-hybridized carbons (Fsp3) is 0.333. The van der Waals surface area contributed by atoms with E-state index in [4.69, 9.17) is 5.73 Å². The molecule has 1 heterocycles. The first-order valence-corrected chi connectivity index (χ1v) is 6.80. The lowest BCUT2D eigenvalue weighted by Crippen LogP contribution is -2.27. The molecule has 2 aromatic rings. The molecule has 1 aliphatic rings. The summed E-state index contributed by atoms with van der Waals surface area (Å²) in [6.45, 7) is 0.482. The van der Waals surface area contributed by atoms with Gasteiger partial charge in [-0.2, -0.15) is 0 Å². The average molecular weight is 270 g/mol. The first kappa shape index (κ1) is 12.9. The van der Waals surface area contributed by atoms with Crippen LogP contribution in [0.1, 0.15) is 24.4 Å². The second kappa shape index (κ2) is 5.09. The van der Waals surface area contributed by atoms with Gasteiger partial charge in [0, 0.05) is 37.7 Å². The number of hydrogen-bond donors (Lipinski definition) is 1. The van der Waals surface area contributed by atoms with Gasteiger partial charge >= 0.3 is 0 Å². The SMILES string of the molecule is CN(c1cccc(CN)c1)c1nccn(C2CC2)c1=O. The number of aromatic nitrogens is 2. The minimum atomic E-state index is -0.0318. The molecule has 0 spiro atoms. The number of rotatable bonds is 4. The van der Waals surface area contributed by atoms with Gasteiger partial charge in [-0.05, 0) is 30.5 Å². The quantitative estimate of drug-likeness (QED) is 0.920. The van der Waals surface area contributed by atoms with E-state index < -0.39 is 0 Å². The summed E-state index contributed by atoms with van der Waals surface area (Å²) in [6.07, 6.45) is 5.62. The van der Waals surface area contributed by atoms with Crippen LogP contribution in [0.15, 0.2) is 41.5 Å². The summed E-state index contributed by atoms with van der Waals surface area (Å²) in [7, 11) is 1.86. The molecule has 1 saturated carbocycles.